The Morgan fingerprint density at radius 2 is 1.76 bits per heavy atom. The van der Waals surface area contributed by atoms with Gasteiger partial charge >= 0.3 is 5.97 Å². The molecule has 15 nitrogen and oxygen atoms in total. The van der Waals surface area contributed by atoms with Crippen molar-refractivity contribution in [2.45, 2.75) is 141 Å². The third-order valence-corrected chi connectivity index (χ3v) is 17.3. The van der Waals surface area contributed by atoms with E-state index >= 15 is 0 Å². The van der Waals surface area contributed by atoms with Gasteiger partial charge in [0.25, 0.3) is 5.91 Å². The number of aryl methyl sites for hydroxylation is 1. The number of benzene rings is 1. The molecule has 0 radical (unpaired) electrons. The number of aliphatic imine (C=N–C) groups is 1. The van der Waals surface area contributed by atoms with E-state index < -0.39 is 29.6 Å². The number of ether oxygens (including phenoxy) is 5. The number of nitrogens with one attached hydrogen (secondary N) is 2. The zero-order valence-corrected chi connectivity index (χ0v) is 41.9. The number of hydrogen-bond acceptors (Lipinski definition) is 13. The standard InChI is InChI=1S/C52H71N7O8S/c1-9-57-42-14-13-31-18-37(42)39(46(57)38-19-33(21-53-44(38)30(5)63-8)32-16-34-22-64-23-35(17-32)59(34)36-24-65-25-36)20-52(6,7)27-67-51(62)40-12-11-15-58(56-40)50(61)45(55-48(60)43-28(3)29(43)4)47(66-10-2)49-54-41(31)26-68-49/h13-14,18-19,21,28-30,32,34-36,40-41,43,45,47,56H,9-12,15-17,20,22-27H2,1-8H3,(H,55,60)/t28-,29+,30-,32?,34-,35+,40-,41?,43?,45-,47-/m0/s1. The van der Waals surface area contributed by atoms with E-state index in [0.717, 1.165) is 79.2 Å². The van der Waals surface area contributed by atoms with Gasteiger partial charge in [0.05, 0.1) is 62.6 Å². The molecule has 11 atom stereocenters. The number of amides is 2. The molecular formula is C52H71N7O8S. The van der Waals surface area contributed by atoms with Gasteiger partial charge in [0, 0.05) is 78.6 Å². The number of hydrazine groups is 1. The smallest absolute Gasteiger partial charge is 0.324 e. The first-order valence-corrected chi connectivity index (χ1v) is 26.2. The minimum atomic E-state index is -1.05. The lowest BCUT2D eigenvalue weighted by Gasteiger charge is -2.53. The van der Waals surface area contributed by atoms with Gasteiger partial charge in [0.15, 0.2) is 0 Å². The summed E-state index contributed by atoms with van der Waals surface area (Å²) < 4.78 is 33.0. The van der Waals surface area contributed by atoms with Gasteiger partial charge in [-0.2, -0.15) is 0 Å². The van der Waals surface area contributed by atoms with Gasteiger partial charge in [0.2, 0.25) is 5.91 Å². The molecule has 0 spiro atoms. The number of piperidine rings is 1. The molecule has 1 saturated carbocycles. The van der Waals surface area contributed by atoms with Crippen LogP contribution >= 0.6 is 11.8 Å². The largest absolute Gasteiger partial charge is 0.464 e. The van der Waals surface area contributed by atoms with E-state index in [9.17, 15) is 14.4 Å². The number of carbonyl (C=O) groups is 3. The number of rotatable bonds is 10. The first kappa shape index (κ1) is 47.8. The minimum absolute atomic E-state index is 0.162. The average Bonchev–Trinajstić information content (AvgIpc) is 3.59. The molecule has 4 saturated heterocycles. The van der Waals surface area contributed by atoms with Crippen molar-refractivity contribution in [1.29, 1.82) is 0 Å². The highest BCUT2D eigenvalue weighted by atomic mass is 32.2. The van der Waals surface area contributed by atoms with Crippen LogP contribution in [0, 0.1) is 23.2 Å². The molecule has 8 bridgehead atoms. The molecule has 7 aliphatic rings. The van der Waals surface area contributed by atoms with E-state index in [2.05, 4.69) is 92.2 Å². The van der Waals surface area contributed by atoms with Crippen LogP contribution in [-0.4, -0.2) is 138 Å². The highest BCUT2D eigenvalue weighted by Crippen LogP contribution is 2.47. The van der Waals surface area contributed by atoms with Gasteiger partial charge in [0.1, 0.15) is 23.2 Å². The number of methoxy groups -OCH3 is 1. The number of nitrogens with zero attached hydrogens (tertiary/aromatic N) is 5. The van der Waals surface area contributed by atoms with Gasteiger partial charge in [-0.15, -0.1) is 11.8 Å². The Morgan fingerprint density at radius 3 is 2.44 bits per heavy atom. The number of pyridine rings is 1. The topological polar surface area (TPSA) is 158 Å². The Labute approximate surface area is 405 Å². The maximum absolute atomic E-state index is 14.7. The fourth-order valence-corrected chi connectivity index (χ4v) is 13.2. The third kappa shape index (κ3) is 8.93. The lowest BCUT2D eigenvalue weighted by Crippen LogP contribution is -2.64. The van der Waals surface area contributed by atoms with Crippen LogP contribution in [0.1, 0.15) is 115 Å². The molecular weight excluding hydrogens is 883 g/mol. The van der Waals surface area contributed by atoms with Gasteiger partial charge in [-0.1, -0.05) is 33.8 Å². The summed E-state index contributed by atoms with van der Waals surface area (Å²) in [4.78, 5) is 55.9. The van der Waals surface area contributed by atoms with Gasteiger partial charge in [-0.25, -0.2) is 5.43 Å². The molecule has 5 fully saturated rings. The molecule has 1 aromatic carbocycles. The number of esters is 1. The minimum Gasteiger partial charge on any atom is -0.464 e. The molecule has 3 aromatic rings. The SMILES string of the molecule is CCO[C@@H]1C2=NC(CS2)c2ccc3c(c2)c(c(-c2cc(C4C[C@H]5COC[C@@H](C4)N5C4COC4)cnc2[C@H](C)OC)n3CC)CC(C)(C)COC(=O)[C@@H]2CCCN(N2)C(=O)[C@H]1NC(=O)C1[C@@H](C)[C@H]1C. The van der Waals surface area contributed by atoms with Crippen LogP contribution in [0.3, 0.4) is 0 Å². The highest BCUT2D eigenvalue weighted by molar-refractivity contribution is 8.14. The van der Waals surface area contributed by atoms with E-state index in [1.54, 1.807) is 18.9 Å². The molecule has 2 aromatic heterocycles. The summed E-state index contributed by atoms with van der Waals surface area (Å²) in [6.07, 6.45) is 4.72. The lowest BCUT2D eigenvalue weighted by molar-refractivity contribution is -0.159. The van der Waals surface area contributed by atoms with Crippen molar-refractivity contribution in [3.63, 3.8) is 0 Å². The molecule has 368 valence electrons. The summed E-state index contributed by atoms with van der Waals surface area (Å²) in [5.41, 5.74) is 10.4. The Morgan fingerprint density at radius 1 is 1.03 bits per heavy atom. The normalized spacial score (nSPS) is 32.5. The molecule has 2 amide bonds. The predicted octanol–water partition coefficient (Wildman–Crippen LogP) is 6.38. The van der Waals surface area contributed by atoms with Crippen molar-refractivity contribution in [2.24, 2.45) is 28.2 Å². The fraction of sp³-hybridized carbons (Fsp3) is 0.673. The van der Waals surface area contributed by atoms with Crippen LogP contribution in [0.5, 0.6) is 0 Å². The predicted molar refractivity (Wildman–Crippen MR) is 261 cm³/mol. The number of fused-ring (bicyclic) bond motifs is 7. The quantitative estimate of drug-likeness (QED) is 0.217. The van der Waals surface area contributed by atoms with Crippen molar-refractivity contribution in [3.8, 4) is 11.3 Å². The second-order valence-corrected chi connectivity index (χ2v) is 22.3. The zero-order valence-electron chi connectivity index (χ0n) is 41.1. The maximum atomic E-state index is 14.7. The number of cyclic esters (lactones) is 1. The molecule has 3 unspecified atom stereocenters. The van der Waals surface area contributed by atoms with Crippen LogP contribution < -0.4 is 10.7 Å². The van der Waals surface area contributed by atoms with E-state index in [1.165, 1.54) is 16.1 Å². The van der Waals surface area contributed by atoms with E-state index in [0.29, 0.717) is 67.3 Å². The Kier molecular flexibility index (Phi) is 13.6. The van der Waals surface area contributed by atoms with Crippen molar-refractivity contribution >= 4 is 45.5 Å². The zero-order chi connectivity index (χ0) is 47.6. The Balaban J connectivity index is 1.09. The van der Waals surface area contributed by atoms with Crippen molar-refractivity contribution in [2.75, 3.05) is 59.0 Å². The molecule has 68 heavy (non-hydrogen) atoms. The average molecular weight is 954 g/mol. The third-order valence-electron chi connectivity index (χ3n) is 16.2. The van der Waals surface area contributed by atoms with Crippen LogP contribution in [0.4, 0.5) is 0 Å². The van der Waals surface area contributed by atoms with Crippen LogP contribution in [-0.2, 0) is 51.0 Å². The van der Waals surface area contributed by atoms with Crippen LogP contribution in [0.25, 0.3) is 22.2 Å². The van der Waals surface area contributed by atoms with Crippen molar-refractivity contribution < 1.29 is 38.1 Å². The van der Waals surface area contributed by atoms with Gasteiger partial charge < -0.3 is 33.6 Å². The first-order chi connectivity index (χ1) is 32.8. The summed E-state index contributed by atoms with van der Waals surface area (Å²) in [6.45, 7) is 19.3. The monoisotopic (exact) mass is 954 g/mol. The number of thioether (sulfide) groups is 1. The number of carbonyl (C=O) groups excluding carboxylic acids is 3. The number of morpholine rings is 1. The molecule has 1 aliphatic carbocycles. The van der Waals surface area contributed by atoms with Crippen molar-refractivity contribution in [3.05, 3.63) is 52.8 Å². The molecule has 10 rings (SSSR count). The van der Waals surface area contributed by atoms with E-state index in [4.69, 9.17) is 33.7 Å². The molecule has 8 heterocycles. The van der Waals surface area contributed by atoms with Crippen LogP contribution in [0.2, 0.25) is 0 Å². The Hall–Kier alpha value is -3.90. The summed E-state index contributed by atoms with van der Waals surface area (Å²) >= 11 is 1.58. The number of aromatic nitrogens is 2. The second-order valence-electron chi connectivity index (χ2n) is 21.2. The van der Waals surface area contributed by atoms with Crippen molar-refractivity contribution in [1.82, 2.24) is 30.2 Å². The van der Waals surface area contributed by atoms with Gasteiger partial charge in [-0.05, 0) is 106 Å². The fourth-order valence-electron chi connectivity index (χ4n) is 12.1. The number of hydrogen-bond donors (Lipinski definition) is 2. The molecule has 2 N–H and O–H groups in total. The summed E-state index contributed by atoms with van der Waals surface area (Å²) in [5.74, 6) is 0.318. The first-order valence-electron chi connectivity index (χ1n) is 25.3. The summed E-state index contributed by atoms with van der Waals surface area (Å²) in [6, 6.07) is 8.27. The van der Waals surface area contributed by atoms with Crippen LogP contribution in [0.15, 0.2) is 35.5 Å². The van der Waals surface area contributed by atoms with Gasteiger partial charge in [-0.3, -0.25) is 34.3 Å². The Bertz CT molecular complexity index is 2420. The highest BCUT2D eigenvalue weighted by Gasteiger charge is 2.51. The second kappa shape index (κ2) is 19.4. The van der Waals surface area contributed by atoms with E-state index in [-0.39, 0.29) is 48.3 Å². The van der Waals surface area contributed by atoms with E-state index in [1.807, 2.05) is 6.92 Å². The maximum Gasteiger partial charge on any atom is 0.324 e. The summed E-state index contributed by atoms with van der Waals surface area (Å²) in [5, 5.41) is 6.43. The summed E-state index contributed by atoms with van der Waals surface area (Å²) in [7, 11) is 1.75. The molecule has 6 aliphatic heterocycles. The molecule has 16 heteroatoms. The lowest BCUT2D eigenvalue weighted by atomic mass is 9.79.